The summed E-state index contributed by atoms with van der Waals surface area (Å²) >= 11 is 0. The first kappa shape index (κ1) is 24.5. The third-order valence-electron chi connectivity index (χ3n) is 6.55. The molecule has 0 bridgehead atoms. The molecule has 3 aromatic carbocycles. The lowest BCUT2D eigenvalue weighted by molar-refractivity contribution is -0.115. The van der Waals surface area contributed by atoms with Gasteiger partial charge in [0, 0.05) is 44.0 Å². The zero-order chi connectivity index (χ0) is 25.6. The summed E-state index contributed by atoms with van der Waals surface area (Å²) in [7, 11) is 0. The van der Waals surface area contributed by atoms with Gasteiger partial charge in [-0.25, -0.2) is 4.39 Å². The number of carbonyl (C=O) groups is 2. The quantitative estimate of drug-likeness (QED) is 0.377. The maximum atomic E-state index is 13.1. The Kier molecular flexibility index (Phi) is 7.46. The van der Waals surface area contributed by atoms with Gasteiger partial charge in [0.1, 0.15) is 5.82 Å². The van der Waals surface area contributed by atoms with E-state index in [1.165, 1.54) is 12.1 Å². The summed E-state index contributed by atoms with van der Waals surface area (Å²) in [5.41, 5.74) is 3.02. The highest BCUT2D eigenvalue weighted by Gasteiger charge is 2.21. The van der Waals surface area contributed by atoms with Crippen LogP contribution in [0, 0.1) is 5.82 Å². The molecule has 5 rings (SSSR count). The number of carbonyl (C=O) groups excluding carboxylic acids is 2. The van der Waals surface area contributed by atoms with Gasteiger partial charge >= 0.3 is 0 Å². The van der Waals surface area contributed by atoms with E-state index in [2.05, 4.69) is 20.4 Å². The summed E-state index contributed by atoms with van der Waals surface area (Å²) in [5, 5.41) is 5.79. The van der Waals surface area contributed by atoms with Gasteiger partial charge in [-0.05, 0) is 73.1 Å². The van der Waals surface area contributed by atoms with Gasteiger partial charge in [-0.1, -0.05) is 24.3 Å². The molecule has 3 aromatic rings. The fourth-order valence-electron chi connectivity index (χ4n) is 4.47. The second-order valence-corrected chi connectivity index (χ2v) is 9.10. The summed E-state index contributed by atoms with van der Waals surface area (Å²) in [6.45, 7) is 5.19. The van der Waals surface area contributed by atoms with Crippen molar-refractivity contribution < 1.29 is 18.7 Å². The molecule has 37 heavy (non-hydrogen) atoms. The summed E-state index contributed by atoms with van der Waals surface area (Å²) in [4.78, 5) is 29.5. The molecule has 2 N–H and O–H groups in total. The first-order valence-electron chi connectivity index (χ1n) is 12.5. The highest BCUT2D eigenvalue weighted by molar-refractivity contribution is 6.08. The largest absolute Gasteiger partial charge is 0.449 e. The summed E-state index contributed by atoms with van der Waals surface area (Å²) in [6.07, 6.45) is 2.52. The number of piperazine rings is 1. The Morgan fingerprint density at radius 1 is 0.973 bits per heavy atom. The maximum Gasteiger partial charge on any atom is 0.291 e. The molecular weight excluding hydrogens is 471 g/mol. The van der Waals surface area contributed by atoms with Crippen LogP contribution in [-0.2, 0) is 4.79 Å². The van der Waals surface area contributed by atoms with Gasteiger partial charge < -0.3 is 20.3 Å². The van der Waals surface area contributed by atoms with Crippen molar-refractivity contribution in [3.63, 3.8) is 0 Å². The molecule has 0 spiro atoms. The molecule has 2 aliphatic heterocycles. The minimum absolute atomic E-state index is 0.124. The zero-order valence-electron chi connectivity index (χ0n) is 20.5. The van der Waals surface area contributed by atoms with Gasteiger partial charge in [0.15, 0.2) is 11.5 Å². The van der Waals surface area contributed by atoms with Crippen LogP contribution in [0.5, 0.6) is 5.75 Å². The summed E-state index contributed by atoms with van der Waals surface area (Å²) < 4.78 is 18.9. The Bertz CT molecular complexity index is 1280. The van der Waals surface area contributed by atoms with Crippen molar-refractivity contribution >= 4 is 29.3 Å². The molecule has 1 saturated heterocycles. The molecule has 0 unspecified atom stereocenters. The lowest BCUT2D eigenvalue weighted by Gasteiger charge is -2.36. The third-order valence-corrected chi connectivity index (χ3v) is 6.55. The standard InChI is InChI=1S/C29H29FN4O3/c30-23-10-12-24(13-11-23)34-18-16-33(17-19-34)15-3-14-31-28(35)22-8-6-21(7-9-22)20-27-29(36)32-25-4-1-2-5-26(25)37-27/h1-2,4-13,20H,3,14-19H2,(H,31,35)(H,32,36)/b27-20+. The zero-order valence-corrected chi connectivity index (χ0v) is 20.5. The number of anilines is 2. The number of fused-ring (bicyclic) bond motifs is 1. The van der Waals surface area contributed by atoms with Crippen molar-refractivity contribution in [2.45, 2.75) is 6.42 Å². The topological polar surface area (TPSA) is 73.9 Å². The van der Waals surface area contributed by atoms with Gasteiger partial charge in [0.05, 0.1) is 5.69 Å². The van der Waals surface area contributed by atoms with Crippen molar-refractivity contribution in [2.75, 3.05) is 49.5 Å². The van der Waals surface area contributed by atoms with E-state index < -0.39 is 0 Å². The number of halogens is 1. The normalized spacial score (nSPS) is 16.6. The monoisotopic (exact) mass is 500 g/mol. The fourth-order valence-corrected chi connectivity index (χ4v) is 4.47. The van der Waals surface area contributed by atoms with Crippen LogP contribution in [0.2, 0.25) is 0 Å². The van der Waals surface area contributed by atoms with Gasteiger partial charge in [0.2, 0.25) is 0 Å². The molecule has 2 heterocycles. The van der Waals surface area contributed by atoms with Crippen LogP contribution in [0.4, 0.5) is 15.8 Å². The molecular formula is C29H29FN4O3. The number of benzene rings is 3. The Hall–Kier alpha value is -4.17. The molecule has 2 aliphatic rings. The van der Waals surface area contributed by atoms with Gasteiger partial charge in [-0.3, -0.25) is 14.5 Å². The lowest BCUT2D eigenvalue weighted by atomic mass is 10.1. The maximum absolute atomic E-state index is 13.1. The van der Waals surface area contributed by atoms with Crippen LogP contribution in [-0.4, -0.2) is 56.0 Å². The van der Waals surface area contributed by atoms with Gasteiger partial charge in [-0.2, -0.15) is 0 Å². The molecule has 0 aliphatic carbocycles. The predicted molar refractivity (Wildman–Crippen MR) is 142 cm³/mol. The Balaban J connectivity index is 1.05. The SMILES string of the molecule is O=C1Nc2ccccc2O/C1=C/c1ccc(C(=O)NCCCN2CCN(c3ccc(F)cc3)CC2)cc1. The van der Waals surface area contributed by atoms with Crippen molar-refractivity contribution in [2.24, 2.45) is 0 Å². The average Bonchev–Trinajstić information content (AvgIpc) is 2.93. The van der Waals surface area contributed by atoms with Crippen LogP contribution in [0.3, 0.4) is 0 Å². The minimum Gasteiger partial charge on any atom is -0.449 e. The number of para-hydroxylation sites is 2. The second kappa shape index (κ2) is 11.3. The average molecular weight is 501 g/mol. The molecule has 8 heteroatoms. The molecule has 0 radical (unpaired) electrons. The Labute approximate surface area is 215 Å². The highest BCUT2D eigenvalue weighted by Crippen LogP contribution is 2.30. The number of rotatable bonds is 7. The van der Waals surface area contributed by atoms with E-state index in [0.29, 0.717) is 23.5 Å². The van der Waals surface area contributed by atoms with E-state index >= 15 is 0 Å². The summed E-state index contributed by atoms with van der Waals surface area (Å²) in [5.74, 6) is 0.152. The molecule has 190 valence electrons. The van der Waals surface area contributed by atoms with Crippen LogP contribution in [0.15, 0.2) is 78.6 Å². The fraction of sp³-hybridized carbons (Fsp3) is 0.241. The third kappa shape index (κ3) is 6.16. The van der Waals surface area contributed by atoms with E-state index in [1.54, 1.807) is 42.5 Å². The van der Waals surface area contributed by atoms with E-state index in [1.807, 2.05) is 24.3 Å². The summed E-state index contributed by atoms with van der Waals surface area (Å²) in [6, 6.07) is 21.0. The number of hydrogen-bond donors (Lipinski definition) is 2. The molecule has 2 amide bonds. The van der Waals surface area contributed by atoms with E-state index in [0.717, 1.165) is 50.4 Å². The number of ether oxygens (including phenoxy) is 1. The van der Waals surface area contributed by atoms with Crippen molar-refractivity contribution in [3.8, 4) is 5.75 Å². The minimum atomic E-state index is -0.308. The Morgan fingerprint density at radius 2 is 1.70 bits per heavy atom. The molecule has 1 fully saturated rings. The van der Waals surface area contributed by atoms with Crippen LogP contribution in [0.1, 0.15) is 22.3 Å². The lowest BCUT2D eigenvalue weighted by Crippen LogP contribution is -2.47. The highest BCUT2D eigenvalue weighted by atomic mass is 19.1. The number of nitrogens with zero attached hydrogens (tertiary/aromatic N) is 2. The Morgan fingerprint density at radius 3 is 2.46 bits per heavy atom. The smallest absolute Gasteiger partial charge is 0.291 e. The van der Waals surface area contributed by atoms with Gasteiger partial charge in [-0.15, -0.1) is 0 Å². The first-order chi connectivity index (χ1) is 18.0. The van der Waals surface area contributed by atoms with E-state index in [9.17, 15) is 14.0 Å². The second-order valence-electron chi connectivity index (χ2n) is 9.10. The number of amides is 2. The molecule has 0 saturated carbocycles. The molecule has 0 atom stereocenters. The van der Waals surface area contributed by atoms with E-state index in [-0.39, 0.29) is 23.4 Å². The molecule has 7 nitrogen and oxygen atoms in total. The number of nitrogens with one attached hydrogen (secondary N) is 2. The van der Waals surface area contributed by atoms with Crippen LogP contribution < -0.4 is 20.3 Å². The van der Waals surface area contributed by atoms with Crippen LogP contribution in [0.25, 0.3) is 6.08 Å². The van der Waals surface area contributed by atoms with Crippen molar-refractivity contribution in [1.82, 2.24) is 10.2 Å². The molecule has 0 aromatic heterocycles. The first-order valence-corrected chi connectivity index (χ1v) is 12.5. The van der Waals surface area contributed by atoms with E-state index in [4.69, 9.17) is 4.74 Å². The number of hydrogen-bond acceptors (Lipinski definition) is 5. The van der Waals surface area contributed by atoms with Gasteiger partial charge in [0.25, 0.3) is 11.8 Å². The van der Waals surface area contributed by atoms with Crippen LogP contribution >= 0.6 is 0 Å². The van der Waals surface area contributed by atoms with Crippen molar-refractivity contribution in [1.29, 1.82) is 0 Å². The van der Waals surface area contributed by atoms with Crippen molar-refractivity contribution in [3.05, 3.63) is 95.5 Å². The predicted octanol–water partition coefficient (Wildman–Crippen LogP) is 4.14.